The molecule has 5 rings (SSSR count). The van der Waals surface area contributed by atoms with Crippen molar-refractivity contribution in [3.8, 4) is 16.9 Å². The summed E-state index contributed by atoms with van der Waals surface area (Å²) in [6.45, 7) is 2.98. The lowest BCUT2D eigenvalue weighted by molar-refractivity contribution is -0.153. The first-order valence-electron chi connectivity index (χ1n) is 14.4. The number of nitrogens with one attached hydrogen (secondary N) is 2. The molecule has 0 saturated carbocycles. The van der Waals surface area contributed by atoms with Crippen molar-refractivity contribution in [2.24, 2.45) is 0 Å². The molecule has 0 saturated heterocycles. The van der Waals surface area contributed by atoms with Crippen LogP contribution in [0, 0.1) is 5.82 Å². The van der Waals surface area contributed by atoms with E-state index >= 15 is 0 Å². The van der Waals surface area contributed by atoms with Gasteiger partial charge in [0.2, 0.25) is 11.9 Å². The Bertz CT molecular complexity index is 1840. The first-order valence-corrected chi connectivity index (χ1v) is 14.4. The van der Waals surface area contributed by atoms with Gasteiger partial charge in [0.25, 0.3) is 5.91 Å². The molecular formula is C33H30F4N6O3. The van der Waals surface area contributed by atoms with E-state index in [0.29, 0.717) is 30.0 Å². The largest absolute Gasteiger partial charge is 0.482 e. The van der Waals surface area contributed by atoms with E-state index in [1.807, 2.05) is 32.0 Å². The number of amides is 2. The van der Waals surface area contributed by atoms with Gasteiger partial charge in [0.1, 0.15) is 11.6 Å². The van der Waals surface area contributed by atoms with E-state index in [2.05, 4.69) is 20.7 Å². The van der Waals surface area contributed by atoms with E-state index in [1.54, 1.807) is 41.4 Å². The molecule has 0 spiro atoms. The molecule has 9 nitrogen and oxygen atoms in total. The van der Waals surface area contributed by atoms with Crippen molar-refractivity contribution >= 4 is 34.8 Å². The highest BCUT2D eigenvalue weighted by molar-refractivity contribution is 5.95. The van der Waals surface area contributed by atoms with E-state index in [-0.39, 0.29) is 47.0 Å². The van der Waals surface area contributed by atoms with Crippen molar-refractivity contribution in [1.82, 2.24) is 19.5 Å². The molecule has 0 unspecified atom stereocenters. The number of carbonyl (C=O) groups is 2. The van der Waals surface area contributed by atoms with Crippen molar-refractivity contribution in [2.75, 3.05) is 30.3 Å². The smallest absolute Gasteiger partial charge is 0.422 e. The number of alkyl halides is 3. The summed E-state index contributed by atoms with van der Waals surface area (Å²) in [5.74, 6) is -0.988. The molecule has 2 aromatic heterocycles. The van der Waals surface area contributed by atoms with Crippen LogP contribution in [0.15, 0.2) is 85.1 Å². The van der Waals surface area contributed by atoms with Gasteiger partial charge in [-0.1, -0.05) is 24.3 Å². The molecule has 2 heterocycles. The highest BCUT2D eigenvalue weighted by Crippen LogP contribution is 2.31. The number of hydrogen-bond acceptors (Lipinski definition) is 6. The highest BCUT2D eigenvalue weighted by Gasteiger charge is 2.29. The maximum atomic E-state index is 13.1. The minimum absolute atomic E-state index is 0.107. The van der Waals surface area contributed by atoms with Gasteiger partial charge in [-0.2, -0.15) is 18.2 Å². The maximum Gasteiger partial charge on any atom is 0.422 e. The monoisotopic (exact) mass is 634 g/mol. The Labute approximate surface area is 261 Å². The summed E-state index contributed by atoms with van der Waals surface area (Å²) in [6, 6.07) is 20.7. The van der Waals surface area contributed by atoms with Crippen LogP contribution in [-0.4, -0.2) is 57.2 Å². The van der Waals surface area contributed by atoms with Crippen LogP contribution in [0.25, 0.3) is 16.8 Å². The van der Waals surface area contributed by atoms with Crippen LogP contribution >= 0.6 is 0 Å². The summed E-state index contributed by atoms with van der Waals surface area (Å²) in [7, 11) is 0. The van der Waals surface area contributed by atoms with Gasteiger partial charge in [-0.3, -0.25) is 9.59 Å². The molecule has 0 aliphatic heterocycles. The number of hydrogen-bond donors (Lipinski definition) is 2. The van der Waals surface area contributed by atoms with E-state index in [4.69, 9.17) is 4.74 Å². The van der Waals surface area contributed by atoms with Crippen LogP contribution in [0.4, 0.5) is 34.9 Å². The van der Waals surface area contributed by atoms with Gasteiger partial charge in [-0.05, 0) is 79.6 Å². The van der Waals surface area contributed by atoms with Gasteiger partial charge >= 0.3 is 6.18 Å². The number of halogens is 4. The van der Waals surface area contributed by atoms with Crippen LogP contribution in [0.2, 0.25) is 0 Å². The fourth-order valence-corrected chi connectivity index (χ4v) is 4.70. The summed E-state index contributed by atoms with van der Waals surface area (Å²) < 4.78 is 58.7. The van der Waals surface area contributed by atoms with Crippen molar-refractivity contribution in [2.45, 2.75) is 26.4 Å². The predicted molar refractivity (Wildman–Crippen MR) is 166 cm³/mol. The third-order valence-corrected chi connectivity index (χ3v) is 7.03. The summed E-state index contributed by atoms with van der Waals surface area (Å²) in [5, 5.41) is 10.1. The molecule has 46 heavy (non-hydrogen) atoms. The Morgan fingerprint density at radius 1 is 0.913 bits per heavy atom. The highest BCUT2D eigenvalue weighted by atomic mass is 19.4. The minimum atomic E-state index is -4.58. The SMILES string of the molecule is CCN(CC)C(=O)c1ccc(Nc2nc3ccc(-c4ccc(NC(=O)Cc5ccc(F)cc5)cc4)cn3n2)c(OCC(F)(F)F)c1. The van der Waals surface area contributed by atoms with Crippen LogP contribution in [0.1, 0.15) is 29.8 Å². The first kappa shape index (κ1) is 31.9. The zero-order valence-corrected chi connectivity index (χ0v) is 24.9. The first-order chi connectivity index (χ1) is 22.0. The fourth-order valence-electron chi connectivity index (χ4n) is 4.70. The molecule has 0 radical (unpaired) electrons. The van der Waals surface area contributed by atoms with E-state index in [0.717, 1.165) is 11.1 Å². The maximum absolute atomic E-state index is 13.1. The molecular weight excluding hydrogens is 604 g/mol. The Kier molecular flexibility index (Phi) is 9.50. The van der Waals surface area contributed by atoms with Gasteiger partial charge < -0.3 is 20.3 Å². The van der Waals surface area contributed by atoms with Crippen LogP contribution < -0.4 is 15.4 Å². The van der Waals surface area contributed by atoms with Gasteiger partial charge in [-0.15, -0.1) is 5.10 Å². The zero-order valence-electron chi connectivity index (χ0n) is 24.9. The van der Waals surface area contributed by atoms with E-state index in [9.17, 15) is 27.2 Å². The lowest BCUT2D eigenvalue weighted by Gasteiger charge is -2.20. The van der Waals surface area contributed by atoms with Crippen molar-refractivity contribution in [3.05, 3.63) is 102 Å². The second-order valence-electron chi connectivity index (χ2n) is 10.3. The second-order valence-corrected chi connectivity index (χ2v) is 10.3. The van der Waals surface area contributed by atoms with Gasteiger partial charge in [0, 0.05) is 36.1 Å². The normalized spacial score (nSPS) is 11.3. The van der Waals surface area contributed by atoms with Gasteiger partial charge in [-0.25, -0.2) is 8.91 Å². The summed E-state index contributed by atoms with van der Waals surface area (Å²) in [5.41, 5.74) is 3.74. The number of carbonyl (C=O) groups excluding carboxylic acids is 2. The minimum Gasteiger partial charge on any atom is -0.482 e. The molecule has 2 N–H and O–H groups in total. The Balaban J connectivity index is 1.31. The third kappa shape index (κ3) is 7.97. The van der Waals surface area contributed by atoms with E-state index < -0.39 is 12.8 Å². The number of ether oxygens (including phenoxy) is 1. The van der Waals surface area contributed by atoms with Crippen molar-refractivity contribution in [1.29, 1.82) is 0 Å². The average molecular weight is 635 g/mol. The van der Waals surface area contributed by atoms with Crippen LogP contribution in [-0.2, 0) is 11.2 Å². The fraction of sp³-hybridized carbons (Fsp3) is 0.212. The number of fused-ring (bicyclic) bond motifs is 1. The number of anilines is 3. The lowest BCUT2D eigenvalue weighted by atomic mass is 10.1. The standard InChI is InChI=1S/C33H30F4N6O3/c1-3-42(4-2)31(45)23-9-15-27(28(18-23)46-20-33(35,36)37)39-32-40-29-16-10-24(19-43(29)41-32)22-7-13-26(14-8-22)38-30(44)17-21-5-11-25(34)12-6-21/h5-16,18-19H,3-4,17,20H2,1-2H3,(H,38,44)(H,39,41). The summed E-state index contributed by atoms with van der Waals surface area (Å²) in [4.78, 5) is 31.2. The molecule has 0 atom stereocenters. The molecule has 3 aromatic carbocycles. The Morgan fingerprint density at radius 2 is 1.61 bits per heavy atom. The molecule has 0 aliphatic rings. The quantitative estimate of drug-likeness (QED) is 0.154. The number of pyridine rings is 1. The van der Waals surface area contributed by atoms with Gasteiger partial charge in [0.05, 0.1) is 12.1 Å². The summed E-state index contributed by atoms with van der Waals surface area (Å²) >= 11 is 0. The average Bonchev–Trinajstić information content (AvgIpc) is 3.44. The number of benzene rings is 3. The lowest BCUT2D eigenvalue weighted by Crippen LogP contribution is -2.30. The number of nitrogens with zero attached hydrogens (tertiary/aromatic N) is 4. The van der Waals surface area contributed by atoms with Gasteiger partial charge in [0.15, 0.2) is 12.3 Å². The molecule has 0 aliphatic carbocycles. The van der Waals surface area contributed by atoms with Crippen LogP contribution in [0.3, 0.4) is 0 Å². The van der Waals surface area contributed by atoms with Crippen LogP contribution in [0.5, 0.6) is 5.75 Å². The topological polar surface area (TPSA) is 101 Å². The zero-order chi connectivity index (χ0) is 32.8. The molecule has 0 bridgehead atoms. The molecule has 2 amide bonds. The number of rotatable bonds is 11. The molecule has 0 fully saturated rings. The van der Waals surface area contributed by atoms with E-state index in [1.165, 1.54) is 34.8 Å². The van der Waals surface area contributed by atoms with Crippen molar-refractivity contribution in [3.63, 3.8) is 0 Å². The summed E-state index contributed by atoms with van der Waals surface area (Å²) in [6.07, 6.45) is -2.74. The van der Waals surface area contributed by atoms with Crippen molar-refractivity contribution < 1.29 is 31.9 Å². The molecule has 5 aromatic rings. The molecule has 13 heteroatoms. The second kappa shape index (κ2) is 13.7. The predicted octanol–water partition coefficient (Wildman–Crippen LogP) is 6.88. The third-order valence-electron chi connectivity index (χ3n) is 7.03. The Morgan fingerprint density at radius 3 is 2.28 bits per heavy atom. The Hall–Kier alpha value is -5.46. The number of aromatic nitrogens is 3. The molecule has 238 valence electrons.